The maximum absolute atomic E-state index is 11.9. The number of carbonyl (C=O) groups excluding carboxylic acids is 1. The Labute approximate surface area is 150 Å². The number of amides is 1. The molecule has 25 heavy (non-hydrogen) atoms. The molecule has 0 fully saturated rings. The summed E-state index contributed by atoms with van der Waals surface area (Å²) < 4.78 is 5.64. The van der Waals surface area contributed by atoms with E-state index in [0.29, 0.717) is 23.5 Å². The Morgan fingerprint density at radius 1 is 1.08 bits per heavy atom. The molecule has 6 heteroatoms. The summed E-state index contributed by atoms with van der Waals surface area (Å²) in [5.74, 6) is 1.00. The van der Waals surface area contributed by atoms with Gasteiger partial charge in [0.2, 0.25) is 11.8 Å². The van der Waals surface area contributed by atoms with Gasteiger partial charge in [-0.2, -0.15) is 0 Å². The molecule has 0 saturated carbocycles. The van der Waals surface area contributed by atoms with Crippen LogP contribution in [0.5, 0.6) is 0 Å². The first-order valence-corrected chi connectivity index (χ1v) is 9.04. The van der Waals surface area contributed by atoms with Crippen LogP contribution in [0.2, 0.25) is 0 Å². The third-order valence-electron chi connectivity index (χ3n) is 3.68. The van der Waals surface area contributed by atoms with Gasteiger partial charge in [0.05, 0.1) is 5.75 Å². The maximum atomic E-state index is 11.9. The SMILES string of the molecule is CC(Cc1nnc(SCC(=O)Nc2ccccc2)o1)c1ccccc1. The highest BCUT2D eigenvalue weighted by Crippen LogP contribution is 2.22. The fourth-order valence-corrected chi connectivity index (χ4v) is 2.97. The van der Waals surface area contributed by atoms with E-state index in [1.165, 1.54) is 17.3 Å². The Kier molecular flexibility index (Phi) is 5.85. The lowest BCUT2D eigenvalue weighted by Crippen LogP contribution is -2.13. The summed E-state index contributed by atoms with van der Waals surface area (Å²) in [5.41, 5.74) is 2.01. The van der Waals surface area contributed by atoms with Crippen LogP contribution in [0.25, 0.3) is 0 Å². The van der Waals surface area contributed by atoms with Crippen LogP contribution < -0.4 is 5.32 Å². The number of anilines is 1. The molecule has 1 atom stereocenters. The number of para-hydroxylation sites is 1. The second-order valence-electron chi connectivity index (χ2n) is 5.68. The summed E-state index contributed by atoms with van der Waals surface area (Å²) in [7, 11) is 0. The number of benzene rings is 2. The third-order valence-corrected chi connectivity index (χ3v) is 4.50. The van der Waals surface area contributed by atoms with E-state index in [-0.39, 0.29) is 11.7 Å². The van der Waals surface area contributed by atoms with E-state index in [4.69, 9.17) is 4.42 Å². The van der Waals surface area contributed by atoms with Crippen molar-refractivity contribution < 1.29 is 9.21 Å². The summed E-state index contributed by atoms with van der Waals surface area (Å²) in [5, 5.41) is 11.3. The van der Waals surface area contributed by atoms with Crippen LogP contribution in [0.3, 0.4) is 0 Å². The van der Waals surface area contributed by atoms with Gasteiger partial charge in [0.25, 0.3) is 5.22 Å². The molecule has 3 rings (SSSR count). The van der Waals surface area contributed by atoms with Crippen molar-refractivity contribution in [3.05, 3.63) is 72.1 Å². The van der Waals surface area contributed by atoms with E-state index in [1.807, 2.05) is 48.5 Å². The zero-order valence-electron chi connectivity index (χ0n) is 13.9. The normalized spacial score (nSPS) is 11.9. The molecule has 0 bridgehead atoms. The summed E-state index contributed by atoms with van der Waals surface area (Å²) in [6, 6.07) is 19.6. The van der Waals surface area contributed by atoms with Crippen LogP contribution in [0.4, 0.5) is 5.69 Å². The molecule has 1 heterocycles. The minimum Gasteiger partial charge on any atom is -0.416 e. The van der Waals surface area contributed by atoms with E-state index < -0.39 is 0 Å². The zero-order chi connectivity index (χ0) is 17.5. The number of hydrogen-bond acceptors (Lipinski definition) is 5. The number of thioether (sulfide) groups is 1. The predicted molar refractivity (Wildman–Crippen MR) is 98.7 cm³/mol. The van der Waals surface area contributed by atoms with Gasteiger partial charge in [-0.25, -0.2) is 0 Å². The molecule has 0 spiro atoms. The summed E-state index contributed by atoms with van der Waals surface area (Å²) in [4.78, 5) is 11.9. The highest BCUT2D eigenvalue weighted by atomic mass is 32.2. The standard InChI is InChI=1S/C19H19N3O2S/c1-14(15-8-4-2-5-9-15)12-18-21-22-19(24-18)25-13-17(23)20-16-10-6-3-7-11-16/h2-11,14H,12-13H2,1H3,(H,20,23). The van der Waals surface area contributed by atoms with Crippen LogP contribution in [-0.4, -0.2) is 21.9 Å². The molecule has 3 aromatic rings. The van der Waals surface area contributed by atoms with E-state index >= 15 is 0 Å². The Balaban J connectivity index is 1.49. The Morgan fingerprint density at radius 3 is 2.48 bits per heavy atom. The lowest BCUT2D eigenvalue weighted by atomic mass is 9.98. The molecule has 0 saturated heterocycles. The fourth-order valence-electron chi connectivity index (χ4n) is 2.39. The lowest BCUT2D eigenvalue weighted by molar-refractivity contribution is -0.113. The summed E-state index contributed by atoms with van der Waals surface area (Å²) >= 11 is 1.24. The van der Waals surface area contributed by atoms with Crippen molar-refractivity contribution in [3.63, 3.8) is 0 Å². The Hall–Kier alpha value is -2.60. The molecule has 0 aliphatic carbocycles. The monoisotopic (exact) mass is 353 g/mol. The lowest BCUT2D eigenvalue weighted by Gasteiger charge is -2.08. The van der Waals surface area contributed by atoms with Gasteiger partial charge in [-0.3, -0.25) is 4.79 Å². The van der Waals surface area contributed by atoms with Crippen LogP contribution in [-0.2, 0) is 11.2 Å². The maximum Gasteiger partial charge on any atom is 0.277 e. The first kappa shape index (κ1) is 17.2. The van der Waals surface area contributed by atoms with Crippen molar-refractivity contribution in [3.8, 4) is 0 Å². The van der Waals surface area contributed by atoms with Gasteiger partial charge in [0.1, 0.15) is 0 Å². The molecular weight excluding hydrogens is 334 g/mol. The Bertz CT molecular complexity index is 806. The first-order chi connectivity index (χ1) is 12.2. The van der Waals surface area contributed by atoms with Crippen molar-refractivity contribution >= 4 is 23.4 Å². The zero-order valence-corrected chi connectivity index (χ0v) is 14.7. The summed E-state index contributed by atoms with van der Waals surface area (Å²) in [6.45, 7) is 2.12. The molecule has 1 unspecified atom stereocenters. The van der Waals surface area contributed by atoms with E-state index in [1.54, 1.807) is 0 Å². The predicted octanol–water partition coefficient (Wildman–Crippen LogP) is 4.15. The number of nitrogens with zero attached hydrogens (tertiary/aromatic N) is 2. The van der Waals surface area contributed by atoms with Gasteiger partial charge in [-0.1, -0.05) is 67.2 Å². The average Bonchev–Trinajstić information content (AvgIpc) is 3.09. The fraction of sp³-hybridized carbons (Fsp3) is 0.211. The summed E-state index contributed by atoms with van der Waals surface area (Å²) in [6.07, 6.45) is 0.674. The first-order valence-electron chi connectivity index (χ1n) is 8.06. The van der Waals surface area contributed by atoms with E-state index in [0.717, 1.165) is 5.69 Å². The molecule has 2 aromatic carbocycles. The van der Waals surface area contributed by atoms with Crippen molar-refractivity contribution in [1.82, 2.24) is 10.2 Å². The third kappa shape index (κ3) is 5.19. The van der Waals surface area contributed by atoms with Crippen molar-refractivity contribution in [2.75, 3.05) is 11.1 Å². The van der Waals surface area contributed by atoms with Crippen molar-refractivity contribution in [1.29, 1.82) is 0 Å². The van der Waals surface area contributed by atoms with Gasteiger partial charge in [0.15, 0.2) is 0 Å². The molecule has 5 nitrogen and oxygen atoms in total. The average molecular weight is 353 g/mol. The molecule has 1 aromatic heterocycles. The second kappa shape index (κ2) is 8.48. The molecule has 1 amide bonds. The number of aromatic nitrogens is 2. The minimum absolute atomic E-state index is 0.103. The van der Waals surface area contributed by atoms with Crippen LogP contribution in [0.15, 0.2) is 70.3 Å². The van der Waals surface area contributed by atoms with Crippen molar-refractivity contribution in [2.45, 2.75) is 24.5 Å². The van der Waals surface area contributed by atoms with E-state index in [2.05, 4.69) is 34.6 Å². The molecular formula is C19H19N3O2S. The Morgan fingerprint density at radius 2 is 1.76 bits per heavy atom. The van der Waals surface area contributed by atoms with Gasteiger partial charge >= 0.3 is 0 Å². The molecule has 0 radical (unpaired) electrons. The largest absolute Gasteiger partial charge is 0.416 e. The molecule has 128 valence electrons. The van der Waals surface area contributed by atoms with Crippen LogP contribution >= 0.6 is 11.8 Å². The van der Waals surface area contributed by atoms with Gasteiger partial charge in [-0.05, 0) is 23.6 Å². The van der Waals surface area contributed by atoms with Crippen LogP contribution in [0, 0.1) is 0 Å². The quantitative estimate of drug-likeness (QED) is 0.646. The highest BCUT2D eigenvalue weighted by molar-refractivity contribution is 7.99. The van der Waals surface area contributed by atoms with Gasteiger partial charge in [-0.15, -0.1) is 10.2 Å². The molecule has 0 aliphatic heterocycles. The van der Waals surface area contributed by atoms with E-state index in [9.17, 15) is 4.79 Å². The second-order valence-corrected chi connectivity index (χ2v) is 6.61. The number of rotatable bonds is 7. The number of nitrogens with one attached hydrogen (secondary N) is 1. The highest BCUT2D eigenvalue weighted by Gasteiger charge is 2.13. The number of carbonyl (C=O) groups is 1. The van der Waals surface area contributed by atoms with Crippen LogP contribution in [0.1, 0.15) is 24.3 Å². The topological polar surface area (TPSA) is 68.0 Å². The molecule has 0 aliphatic rings. The molecule has 1 N–H and O–H groups in total. The van der Waals surface area contributed by atoms with Gasteiger partial charge < -0.3 is 9.73 Å². The minimum atomic E-state index is -0.103. The smallest absolute Gasteiger partial charge is 0.277 e. The number of hydrogen-bond donors (Lipinski definition) is 1. The van der Waals surface area contributed by atoms with Gasteiger partial charge in [0, 0.05) is 12.1 Å². The van der Waals surface area contributed by atoms with Crippen molar-refractivity contribution in [2.24, 2.45) is 0 Å².